The molecule has 14 heteroatoms. The Bertz CT molecular complexity index is 1390. The monoisotopic (exact) mass is 662 g/mol. The van der Waals surface area contributed by atoms with Crippen LogP contribution in [0.1, 0.15) is 32.3 Å². The number of urea groups is 1. The predicted molar refractivity (Wildman–Crippen MR) is 170 cm³/mol. The summed E-state index contributed by atoms with van der Waals surface area (Å²) in [5, 5.41) is 19.7. The molecule has 46 heavy (non-hydrogen) atoms. The van der Waals surface area contributed by atoms with E-state index in [4.69, 9.17) is 18.9 Å². The summed E-state index contributed by atoms with van der Waals surface area (Å²) in [6.07, 6.45) is -1.53. The first kappa shape index (κ1) is 35.4. The van der Waals surface area contributed by atoms with Gasteiger partial charge < -0.3 is 40.0 Å². The largest absolute Gasteiger partial charge is 0.497 e. The van der Waals surface area contributed by atoms with Gasteiger partial charge in [0.25, 0.3) is 0 Å². The van der Waals surface area contributed by atoms with Crippen molar-refractivity contribution in [2.24, 2.45) is 11.3 Å². The molecule has 2 aliphatic rings. The van der Waals surface area contributed by atoms with Crippen LogP contribution in [0.15, 0.2) is 59.5 Å². The molecule has 0 unspecified atom stereocenters. The lowest BCUT2D eigenvalue weighted by Crippen LogP contribution is -2.52. The van der Waals surface area contributed by atoms with Gasteiger partial charge in [-0.25, -0.2) is 18.0 Å². The van der Waals surface area contributed by atoms with Gasteiger partial charge >= 0.3 is 12.1 Å². The number of benzene rings is 2. The lowest BCUT2D eigenvalue weighted by molar-refractivity contribution is -0.0907. The van der Waals surface area contributed by atoms with Crippen LogP contribution < -0.4 is 20.7 Å². The molecule has 5 atom stereocenters. The van der Waals surface area contributed by atoms with Crippen LogP contribution >= 0.6 is 0 Å². The Morgan fingerprint density at radius 3 is 2.50 bits per heavy atom. The minimum Gasteiger partial charge on any atom is -0.497 e. The second-order valence-corrected chi connectivity index (χ2v) is 14.3. The molecule has 0 aliphatic carbocycles. The number of carbonyl (C=O) groups excluding carboxylic acids is 2. The Labute approximate surface area is 271 Å². The number of methoxy groups -OCH3 is 1. The molecule has 2 heterocycles. The first-order valence-electron chi connectivity index (χ1n) is 15.4. The second-order valence-electron chi connectivity index (χ2n) is 12.4. The van der Waals surface area contributed by atoms with E-state index >= 15 is 0 Å². The summed E-state index contributed by atoms with van der Waals surface area (Å²) in [7, 11) is -1.11. The topological polar surface area (TPSA) is 165 Å². The highest BCUT2D eigenvalue weighted by Gasteiger charge is 2.44. The Kier molecular flexibility index (Phi) is 12.3. The molecule has 0 spiro atoms. The zero-order chi connectivity index (χ0) is 33.3. The number of nitrogens with zero attached hydrogens (tertiary/aromatic N) is 1. The minimum atomic E-state index is -4.12. The molecule has 3 amide bonds. The third-order valence-electron chi connectivity index (χ3n) is 8.32. The minimum absolute atomic E-state index is 0.0266. The predicted octanol–water partition coefficient (Wildman–Crippen LogP) is 2.49. The van der Waals surface area contributed by atoms with Crippen molar-refractivity contribution in [3.05, 3.63) is 60.2 Å². The van der Waals surface area contributed by atoms with Crippen molar-refractivity contribution in [2.45, 2.75) is 62.5 Å². The van der Waals surface area contributed by atoms with E-state index in [2.05, 4.69) is 16.0 Å². The highest BCUT2D eigenvalue weighted by atomic mass is 32.2. The number of aliphatic hydroxyl groups is 1. The van der Waals surface area contributed by atoms with Gasteiger partial charge in [-0.15, -0.1) is 0 Å². The lowest BCUT2D eigenvalue weighted by atomic mass is 9.89. The van der Waals surface area contributed by atoms with Gasteiger partial charge in [-0.3, -0.25) is 0 Å². The maximum atomic E-state index is 14.1. The number of hydrogen-bond acceptors (Lipinski definition) is 9. The average Bonchev–Trinajstić information content (AvgIpc) is 3.66. The van der Waals surface area contributed by atoms with Crippen LogP contribution in [0.25, 0.3) is 0 Å². The van der Waals surface area contributed by atoms with Crippen LogP contribution in [0.3, 0.4) is 0 Å². The summed E-state index contributed by atoms with van der Waals surface area (Å²) in [6, 6.07) is 14.1. The van der Waals surface area contributed by atoms with Crippen LogP contribution in [0.5, 0.6) is 5.75 Å². The van der Waals surface area contributed by atoms with E-state index in [1.54, 1.807) is 12.1 Å². The second kappa shape index (κ2) is 15.9. The number of ether oxygens (including phenoxy) is 4. The molecular weight excluding hydrogens is 616 g/mol. The first-order chi connectivity index (χ1) is 21.9. The van der Waals surface area contributed by atoms with Gasteiger partial charge in [0.05, 0.1) is 43.3 Å². The highest BCUT2D eigenvalue weighted by molar-refractivity contribution is 7.89. The molecule has 0 saturated carbocycles. The van der Waals surface area contributed by atoms with Gasteiger partial charge in [-0.1, -0.05) is 44.2 Å². The molecule has 0 radical (unpaired) electrons. The van der Waals surface area contributed by atoms with E-state index in [0.717, 1.165) is 5.56 Å². The van der Waals surface area contributed by atoms with Gasteiger partial charge in [-0.2, -0.15) is 4.31 Å². The highest BCUT2D eigenvalue weighted by Crippen LogP contribution is 2.33. The van der Waals surface area contributed by atoms with Crippen LogP contribution in [0.2, 0.25) is 0 Å². The van der Waals surface area contributed by atoms with Gasteiger partial charge in [0.1, 0.15) is 11.9 Å². The van der Waals surface area contributed by atoms with E-state index in [9.17, 15) is 23.1 Å². The van der Waals surface area contributed by atoms with Crippen LogP contribution in [0.4, 0.5) is 9.59 Å². The molecule has 2 aromatic carbocycles. The zero-order valence-electron chi connectivity index (χ0n) is 26.8. The van der Waals surface area contributed by atoms with Crippen molar-refractivity contribution in [3.63, 3.8) is 0 Å². The Hall–Kier alpha value is -3.43. The van der Waals surface area contributed by atoms with Crippen molar-refractivity contribution >= 4 is 22.1 Å². The van der Waals surface area contributed by atoms with E-state index in [1.165, 1.54) is 30.6 Å². The van der Waals surface area contributed by atoms with E-state index in [-0.39, 0.29) is 43.0 Å². The number of alkyl carbamates (subject to hydrolysis) is 1. The molecule has 0 bridgehead atoms. The zero-order valence-corrected chi connectivity index (χ0v) is 27.6. The summed E-state index contributed by atoms with van der Waals surface area (Å²) < 4.78 is 51.4. The number of carbonyl (C=O) groups is 2. The number of nitrogens with one attached hydrogen (secondary N) is 3. The van der Waals surface area contributed by atoms with Crippen molar-refractivity contribution in [2.75, 3.05) is 47.0 Å². The average molecular weight is 663 g/mol. The van der Waals surface area contributed by atoms with E-state index < -0.39 is 46.1 Å². The summed E-state index contributed by atoms with van der Waals surface area (Å²) in [5.41, 5.74) is 0.231. The van der Waals surface area contributed by atoms with Crippen LogP contribution in [-0.2, 0) is 30.7 Å². The number of fused-ring (bicyclic) bond motifs is 1. The van der Waals surface area contributed by atoms with Crippen LogP contribution in [0, 0.1) is 11.3 Å². The molecule has 4 N–H and O–H groups in total. The smallest absolute Gasteiger partial charge is 0.407 e. The van der Waals surface area contributed by atoms with Gasteiger partial charge in [-0.05, 0) is 54.5 Å². The third-order valence-corrected chi connectivity index (χ3v) is 10.1. The number of hydrogen-bond donors (Lipinski definition) is 4. The SMILES string of the molecule is CNC(=O)NCCC(C)(C)CN(C[C@H](O)[C@H](Cc1ccccc1)NC(=O)O[C@@H]1CO[C@@H]2OCC[C@@H]21)S(=O)(=O)c1ccc(OC)cc1. The van der Waals surface area contributed by atoms with Crippen molar-refractivity contribution in [1.82, 2.24) is 20.3 Å². The van der Waals surface area contributed by atoms with Crippen molar-refractivity contribution < 1.29 is 42.1 Å². The Morgan fingerprint density at radius 2 is 1.83 bits per heavy atom. The normalized spacial score (nSPS) is 20.9. The molecule has 2 aromatic rings. The first-order valence-corrected chi connectivity index (χ1v) is 16.9. The molecule has 13 nitrogen and oxygen atoms in total. The van der Waals surface area contributed by atoms with Crippen molar-refractivity contribution in [3.8, 4) is 5.75 Å². The summed E-state index contributed by atoms with van der Waals surface area (Å²) in [4.78, 5) is 24.9. The summed E-state index contributed by atoms with van der Waals surface area (Å²) in [5.74, 6) is 0.438. The molecular formula is C32H46N4O9S. The fraction of sp³-hybridized carbons (Fsp3) is 0.562. The quantitative estimate of drug-likeness (QED) is 0.224. The molecule has 0 aromatic heterocycles. The van der Waals surface area contributed by atoms with E-state index in [0.29, 0.717) is 31.7 Å². The lowest BCUT2D eigenvalue weighted by Gasteiger charge is -2.35. The number of amides is 3. The van der Waals surface area contributed by atoms with E-state index in [1.807, 2.05) is 44.2 Å². The fourth-order valence-corrected chi connectivity index (χ4v) is 7.31. The standard InChI is InChI=1S/C32H46N4O9S/c1-32(2,15-16-34-30(38)33-3)21-36(46(40,41)24-12-10-23(42-4)11-13-24)19-27(37)26(18-22-8-6-5-7-9-22)35-31(39)45-28-20-44-29-25(28)14-17-43-29/h5-13,25-29,37H,14-21H2,1-4H3,(H,35,39)(H2,33,34,38)/t25-,26+,27+,28-,29+/m1/s1. The fourth-order valence-electron chi connectivity index (χ4n) is 5.66. The summed E-state index contributed by atoms with van der Waals surface area (Å²) in [6.45, 7) is 4.55. The van der Waals surface area contributed by atoms with Gasteiger partial charge in [0.15, 0.2) is 6.29 Å². The third kappa shape index (κ3) is 9.55. The summed E-state index contributed by atoms with van der Waals surface area (Å²) >= 11 is 0. The van der Waals surface area contributed by atoms with Gasteiger partial charge in [0, 0.05) is 26.7 Å². The number of sulfonamides is 1. The molecule has 2 saturated heterocycles. The van der Waals surface area contributed by atoms with Gasteiger partial charge in [0.2, 0.25) is 10.0 Å². The number of rotatable bonds is 15. The van der Waals surface area contributed by atoms with Crippen LogP contribution in [-0.4, -0.2) is 101 Å². The molecule has 2 fully saturated rings. The maximum absolute atomic E-state index is 14.1. The molecule has 2 aliphatic heterocycles. The maximum Gasteiger partial charge on any atom is 0.407 e. The Morgan fingerprint density at radius 1 is 1.11 bits per heavy atom. The molecule has 4 rings (SSSR count). The molecule has 254 valence electrons. The van der Waals surface area contributed by atoms with Crippen molar-refractivity contribution in [1.29, 1.82) is 0 Å². The Balaban J connectivity index is 1.55. The number of aliphatic hydroxyl groups excluding tert-OH is 1.